The first-order valence-electron chi connectivity index (χ1n) is 7.03. The number of benzene rings is 1. The van der Waals surface area contributed by atoms with E-state index in [0.29, 0.717) is 11.5 Å². The maximum atomic E-state index is 11.5. The van der Waals surface area contributed by atoms with E-state index in [-0.39, 0.29) is 22.6 Å². The Labute approximate surface area is 118 Å². The van der Waals surface area contributed by atoms with Crippen molar-refractivity contribution in [1.82, 2.24) is 4.57 Å². The highest BCUT2D eigenvalue weighted by Gasteiger charge is 2.66. The molecule has 1 aromatic heterocycles. The quantitative estimate of drug-likeness (QED) is 0.916. The minimum absolute atomic E-state index is 0.0325. The van der Waals surface area contributed by atoms with Gasteiger partial charge in [-0.2, -0.15) is 0 Å². The molecule has 1 unspecified atom stereocenters. The van der Waals surface area contributed by atoms with Crippen LogP contribution in [-0.4, -0.2) is 4.57 Å². The monoisotopic (exact) mass is 274 g/mol. The van der Waals surface area contributed by atoms with Gasteiger partial charge in [-0.25, -0.2) is 4.79 Å². The molecule has 0 radical (unpaired) electrons. The Morgan fingerprint density at radius 1 is 1.25 bits per heavy atom. The van der Waals surface area contributed by atoms with Gasteiger partial charge in [0.1, 0.15) is 0 Å². The van der Waals surface area contributed by atoms with Gasteiger partial charge >= 0.3 is 5.76 Å². The summed E-state index contributed by atoms with van der Waals surface area (Å²) in [6.45, 7) is 9.05. The molecule has 3 rings (SSSR count). The van der Waals surface area contributed by atoms with Crippen LogP contribution in [0.2, 0.25) is 0 Å². The Kier molecular flexibility index (Phi) is 2.52. The molecule has 1 fully saturated rings. The molecule has 1 heterocycles. The fourth-order valence-corrected chi connectivity index (χ4v) is 3.70. The Morgan fingerprint density at radius 2 is 1.85 bits per heavy atom. The molecule has 1 aromatic carbocycles. The molecule has 0 amide bonds. The number of rotatable bonds is 2. The molecule has 0 aliphatic heterocycles. The van der Waals surface area contributed by atoms with Crippen molar-refractivity contribution in [2.45, 2.75) is 33.7 Å². The van der Waals surface area contributed by atoms with E-state index in [1.165, 1.54) is 4.57 Å². The van der Waals surface area contributed by atoms with Gasteiger partial charge in [0, 0.05) is 13.1 Å². The number of aromatic nitrogens is 1. The van der Waals surface area contributed by atoms with Gasteiger partial charge in [-0.3, -0.25) is 4.57 Å². The second-order valence-corrected chi connectivity index (χ2v) is 7.10. The second-order valence-electron chi connectivity index (χ2n) is 7.10. The minimum Gasteiger partial charge on any atom is -0.408 e. The maximum absolute atomic E-state index is 11.5. The first-order valence-corrected chi connectivity index (χ1v) is 7.03. The zero-order valence-corrected chi connectivity index (χ0v) is 12.7. The van der Waals surface area contributed by atoms with Crippen molar-refractivity contribution in [1.29, 1.82) is 0 Å². The Hall–Kier alpha value is -1.55. The lowest BCUT2D eigenvalue weighted by molar-refractivity contribution is 0.457. The number of hydrogen-bond donors (Lipinski definition) is 1. The lowest BCUT2D eigenvalue weighted by Gasteiger charge is -2.14. The molecule has 20 heavy (non-hydrogen) atoms. The van der Waals surface area contributed by atoms with Crippen molar-refractivity contribution >= 4 is 11.1 Å². The first kappa shape index (κ1) is 13.4. The molecule has 2 N–H and O–H groups in total. The van der Waals surface area contributed by atoms with Crippen LogP contribution in [0.4, 0.5) is 0 Å². The molecule has 1 atom stereocenters. The summed E-state index contributed by atoms with van der Waals surface area (Å²) in [5.41, 5.74) is 9.39. The molecule has 4 nitrogen and oxygen atoms in total. The smallest absolute Gasteiger partial charge is 0.408 e. The van der Waals surface area contributed by atoms with Crippen LogP contribution in [0.15, 0.2) is 27.4 Å². The SMILES string of the molecule is Cn1c(=O)oc2cc(C(N)C3C(C)(C)C3(C)C)ccc21. The fourth-order valence-electron chi connectivity index (χ4n) is 3.70. The fraction of sp³-hybridized carbons (Fsp3) is 0.562. The standard InChI is InChI=1S/C16H22N2O2/c1-15(2)13(16(15,3)4)12(17)9-6-7-10-11(8-9)20-14(19)18(10)5/h6-8,12-13H,17H2,1-5H3. The van der Waals surface area contributed by atoms with E-state index in [1.54, 1.807) is 7.05 Å². The molecule has 0 bridgehead atoms. The number of aryl methyl sites for hydroxylation is 1. The van der Waals surface area contributed by atoms with Crippen LogP contribution in [0, 0.1) is 16.7 Å². The van der Waals surface area contributed by atoms with Crippen LogP contribution in [0.25, 0.3) is 11.1 Å². The number of nitrogens with zero attached hydrogens (tertiary/aromatic N) is 1. The van der Waals surface area contributed by atoms with Gasteiger partial charge in [-0.05, 0) is 34.4 Å². The molecular formula is C16H22N2O2. The summed E-state index contributed by atoms with van der Waals surface area (Å²) in [6, 6.07) is 5.80. The molecule has 2 aromatic rings. The summed E-state index contributed by atoms with van der Waals surface area (Å²) in [4.78, 5) is 11.5. The number of fused-ring (bicyclic) bond motifs is 1. The summed E-state index contributed by atoms with van der Waals surface area (Å²) in [5, 5.41) is 0. The highest BCUT2D eigenvalue weighted by atomic mass is 16.4. The van der Waals surface area contributed by atoms with Crippen LogP contribution in [-0.2, 0) is 7.05 Å². The van der Waals surface area contributed by atoms with Gasteiger partial charge in [0.15, 0.2) is 5.58 Å². The zero-order valence-electron chi connectivity index (χ0n) is 12.7. The van der Waals surface area contributed by atoms with E-state index in [4.69, 9.17) is 10.2 Å². The van der Waals surface area contributed by atoms with Gasteiger partial charge < -0.3 is 10.2 Å². The van der Waals surface area contributed by atoms with Crippen LogP contribution in [0.1, 0.15) is 39.3 Å². The van der Waals surface area contributed by atoms with Crippen LogP contribution in [0.5, 0.6) is 0 Å². The van der Waals surface area contributed by atoms with E-state index < -0.39 is 0 Å². The summed E-state index contributed by atoms with van der Waals surface area (Å²) in [6.07, 6.45) is 0. The van der Waals surface area contributed by atoms with Crippen molar-refractivity contribution in [3.63, 3.8) is 0 Å². The molecule has 108 valence electrons. The minimum atomic E-state index is -0.335. The Morgan fingerprint density at radius 3 is 2.40 bits per heavy atom. The number of nitrogens with two attached hydrogens (primary N) is 1. The summed E-state index contributed by atoms with van der Waals surface area (Å²) >= 11 is 0. The average Bonchev–Trinajstić information content (AvgIpc) is 2.61. The van der Waals surface area contributed by atoms with E-state index >= 15 is 0 Å². The van der Waals surface area contributed by atoms with E-state index in [1.807, 2.05) is 18.2 Å². The predicted molar refractivity (Wildman–Crippen MR) is 79.4 cm³/mol. The third-order valence-electron chi connectivity index (χ3n) is 5.69. The van der Waals surface area contributed by atoms with Crippen molar-refractivity contribution in [3.8, 4) is 0 Å². The first-order chi connectivity index (χ1) is 9.18. The zero-order chi connectivity index (χ0) is 14.9. The molecule has 1 saturated carbocycles. The molecular weight excluding hydrogens is 252 g/mol. The van der Waals surface area contributed by atoms with Crippen molar-refractivity contribution in [2.24, 2.45) is 29.5 Å². The number of oxazole rings is 1. The van der Waals surface area contributed by atoms with Gasteiger partial charge in [0.25, 0.3) is 0 Å². The maximum Gasteiger partial charge on any atom is 0.419 e. The summed E-state index contributed by atoms with van der Waals surface area (Å²) in [5.74, 6) is 0.0979. The average molecular weight is 274 g/mol. The van der Waals surface area contributed by atoms with Crippen LogP contribution in [0.3, 0.4) is 0 Å². The molecule has 1 aliphatic rings. The molecule has 0 spiro atoms. The Bertz CT molecular complexity index is 723. The number of hydrogen-bond acceptors (Lipinski definition) is 3. The highest BCUT2D eigenvalue weighted by molar-refractivity contribution is 5.73. The van der Waals surface area contributed by atoms with Crippen molar-refractivity contribution < 1.29 is 4.42 Å². The topological polar surface area (TPSA) is 61.2 Å². The summed E-state index contributed by atoms with van der Waals surface area (Å²) < 4.78 is 6.76. The molecule has 4 heteroatoms. The van der Waals surface area contributed by atoms with Crippen molar-refractivity contribution in [3.05, 3.63) is 34.3 Å². The highest BCUT2D eigenvalue weighted by Crippen LogP contribution is 2.71. The third-order valence-corrected chi connectivity index (χ3v) is 5.69. The predicted octanol–water partition coefficient (Wildman–Crippen LogP) is 2.81. The van der Waals surface area contributed by atoms with Gasteiger partial charge in [-0.15, -0.1) is 0 Å². The van der Waals surface area contributed by atoms with Gasteiger partial charge in [0.05, 0.1) is 5.52 Å². The third kappa shape index (κ3) is 1.54. The van der Waals surface area contributed by atoms with E-state index in [0.717, 1.165) is 11.1 Å². The molecule has 1 aliphatic carbocycles. The largest absolute Gasteiger partial charge is 0.419 e. The van der Waals surface area contributed by atoms with Crippen LogP contribution >= 0.6 is 0 Å². The molecule has 0 saturated heterocycles. The normalized spacial score (nSPS) is 22.1. The van der Waals surface area contributed by atoms with Gasteiger partial charge in [0.2, 0.25) is 0 Å². The van der Waals surface area contributed by atoms with Crippen LogP contribution < -0.4 is 11.5 Å². The Balaban J connectivity index is 2.02. The second kappa shape index (κ2) is 3.76. The van der Waals surface area contributed by atoms with E-state index in [2.05, 4.69) is 27.7 Å². The lowest BCUT2D eigenvalue weighted by atomic mass is 9.97. The summed E-state index contributed by atoms with van der Waals surface area (Å²) in [7, 11) is 1.71. The lowest BCUT2D eigenvalue weighted by Crippen LogP contribution is -2.16. The van der Waals surface area contributed by atoms with E-state index in [9.17, 15) is 4.79 Å². The van der Waals surface area contributed by atoms with Gasteiger partial charge in [-0.1, -0.05) is 33.8 Å². The van der Waals surface area contributed by atoms with Crippen molar-refractivity contribution in [2.75, 3.05) is 0 Å².